The minimum absolute atomic E-state index is 0.0292. The number of rotatable bonds is 7. The van der Waals surface area contributed by atoms with Gasteiger partial charge in [-0.2, -0.15) is 0 Å². The molecule has 35 heavy (non-hydrogen) atoms. The van der Waals surface area contributed by atoms with Gasteiger partial charge in [-0.1, -0.05) is 84.4 Å². The third kappa shape index (κ3) is 5.69. The van der Waals surface area contributed by atoms with Gasteiger partial charge in [-0.15, -0.1) is 0 Å². The van der Waals surface area contributed by atoms with Gasteiger partial charge in [-0.05, 0) is 17.7 Å². The van der Waals surface area contributed by atoms with E-state index in [2.05, 4.69) is 0 Å². The van der Waals surface area contributed by atoms with Gasteiger partial charge >= 0.3 is 0 Å². The maximum atomic E-state index is 13.9. The fraction of sp³-hybridized carbons (Fsp3) is 0.276. The molecular formula is C29H29ClN2O3. The van der Waals surface area contributed by atoms with Gasteiger partial charge in [-0.3, -0.25) is 19.3 Å². The molecule has 2 atom stereocenters. The van der Waals surface area contributed by atoms with Gasteiger partial charge < -0.3 is 4.90 Å². The Hall–Kier alpha value is -3.28. The van der Waals surface area contributed by atoms with Crippen LogP contribution in [0, 0.1) is 11.8 Å². The van der Waals surface area contributed by atoms with Crippen LogP contribution in [0.1, 0.15) is 32.2 Å². The van der Waals surface area contributed by atoms with E-state index in [4.69, 9.17) is 11.6 Å². The lowest BCUT2D eigenvalue weighted by Crippen LogP contribution is -2.52. The largest absolute Gasteiger partial charge is 0.348 e. The summed E-state index contributed by atoms with van der Waals surface area (Å²) in [4.78, 5) is 43.8. The van der Waals surface area contributed by atoms with Crippen molar-refractivity contribution in [3.8, 4) is 0 Å². The molecule has 3 aromatic rings. The van der Waals surface area contributed by atoms with Crippen molar-refractivity contribution >= 4 is 29.1 Å². The number of piperidine rings is 1. The van der Waals surface area contributed by atoms with E-state index in [1.54, 1.807) is 50.5 Å². The van der Waals surface area contributed by atoms with Crippen molar-refractivity contribution in [3.63, 3.8) is 0 Å². The normalized spacial score (nSPS) is 18.7. The molecule has 1 aliphatic rings. The summed E-state index contributed by atoms with van der Waals surface area (Å²) in [7, 11) is 3.42. The van der Waals surface area contributed by atoms with Crippen molar-refractivity contribution in [1.29, 1.82) is 0 Å². The van der Waals surface area contributed by atoms with E-state index in [1.807, 2.05) is 53.4 Å². The summed E-state index contributed by atoms with van der Waals surface area (Å²) in [6.45, 7) is 0.926. The van der Waals surface area contributed by atoms with Crippen molar-refractivity contribution in [2.75, 3.05) is 33.7 Å². The van der Waals surface area contributed by atoms with E-state index in [-0.39, 0.29) is 29.9 Å². The first-order chi connectivity index (χ1) is 16.8. The number of likely N-dealkylation sites (tertiary alicyclic amines) is 1. The lowest BCUT2D eigenvalue weighted by atomic mass is 9.68. The fourth-order valence-electron chi connectivity index (χ4n) is 4.87. The number of ketones is 2. The van der Waals surface area contributed by atoms with E-state index >= 15 is 0 Å². The van der Waals surface area contributed by atoms with Gasteiger partial charge in [0.2, 0.25) is 5.91 Å². The summed E-state index contributed by atoms with van der Waals surface area (Å²) in [6.07, 6.45) is 0. The highest BCUT2D eigenvalue weighted by molar-refractivity contribution is 6.30. The van der Waals surface area contributed by atoms with Gasteiger partial charge in [0.05, 0.1) is 6.54 Å². The molecule has 5 nitrogen and oxygen atoms in total. The molecule has 0 bridgehead atoms. The molecule has 180 valence electrons. The molecule has 3 aromatic carbocycles. The molecule has 1 heterocycles. The lowest BCUT2D eigenvalue weighted by molar-refractivity contribution is -0.130. The van der Waals surface area contributed by atoms with Crippen molar-refractivity contribution in [1.82, 2.24) is 9.80 Å². The van der Waals surface area contributed by atoms with Crippen LogP contribution >= 0.6 is 11.6 Å². The number of carbonyl (C=O) groups is 3. The van der Waals surface area contributed by atoms with Crippen molar-refractivity contribution in [2.24, 2.45) is 11.8 Å². The highest BCUT2D eigenvalue weighted by atomic mass is 35.5. The Labute approximate surface area is 211 Å². The molecule has 0 radical (unpaired) electrons. The Bertz CT molecular complexity index is 1120. The van der Waals surface area contributed by atoms with E-state index in [9.17, 15) is 14.4 Å². The standard InChI is InChI=1S/C29H29ClN2O3/c1-31(2)26(33)19-32-17-24(28(34)21-9-5-3-6-10-21)27(20-13-15-23(30)16-14-20)25(18-32)29(35)22-11-7-4-8-12-22/h3-16,24-25,27H,17-19H2,1-2H3/t24-,25-/m0/s1. The number of halogens is 1. The predicted octanol–water partition coefficient (Wildman–Crippen LogP) is 4.83. The highest BCUT2D eigenvalue weighted by Gasteiger charge is 2.45. The summed E-state index contributed by atoms with van der Waals surface area (Å²) in [6, 6.07) is 25.7. The molecule has 0 spiro atoms. The summed E-state index contributed by atoms with van der Waals surface area (Å²) in [5.74, 6) is -1.47. The molecule has 0 aliphatic carbocycles. The van der Waals surface area contributed by atoms with Crippen molar-refractivity contribution in [2.45, 2.75) is 5.92 Å². The Morgan fingerprint density at radius 3 is 1.66 bits per heavy atom. The number of benzene rings is 3. The molecule has 0 N–H and O–H groups in total. The Kier molecular flexibility index (Phi) is 7.79. The summed E-state index contributed by atoms with van der Waals surface area (Å²) >= 11 is 6.17. The zero-order chi connectivity index (χ0) is 24.9. The number of carbonyl (C=O) groups excluding carboxylic acids is 3. The fourth-order valence-corrected chi connectivity index (χ4v) is 5.00. The quantitative estimate of drug-likeness (QED) is 0.447. The molecule has 1 saturated heterocycles. The second-order valence-electron chi connectivity index (χ2n) is 9.23. The summed E-state index contributed by atoms with van der Waals surface area (Å²) in [5, 5.41) is 0.597. The molecule has 0 saturated carbocycles. The highest BCUT2D eigenvalue weighted by Crippen LogP contribution is 2.41. The Morgan fingerprint density at radius 2 is 1.23 bits per heavy atom. The first-order valence-corrected chi connectivity index (χ1v) is 12.1. The van der Waals surface area contributed by atoms with Gasteiger partial charge in [0.25, 0.3) is 0 Å². The first-order valence-electron chi connectivity index (χ1n) is 11.7. The predicted molar refractivity (Wildman–Crippen MR) is 138 cm³/mol. The molecule has 1 aliphatic heterocycles. The van der Waals surface area contributed by atoms with E-state index in [0.717, 1.165) is 5.56 Å². The monoisotopic (exact) mass is 488 g/mol. The summed E-state index contributed by atoms with van der Waals surface area (Å²) < 4.78 is 0. The molecule has 1 fully saturated rings. The first kappa shape index (κ1) is 24.8. The molecule has 4 rings (SSSR count). The Morgan fingerprint density at radius 1 is 0.771 bits per heavy atom. The minimum atomic E-state index is -0.500. The summed E-state index contributed by atoms with van der Waals surface area (Å²) in [5.41, 5.74) is 2.10. The van der Waals surface area contributed by atoms with Crippen LogP contribution in [-0.2, 0) is 4.79 Å². The van der Waals surface area contributed by atoms with Crippen LogP contribution in [-0.4, -0.2) is 61.0 Å². The number of nitrogens with zero attached hydrogens (tertiary/aromatic N) is 2. The van der Waals surface area contributed by atoms with Crippen LogP contribution in [0.2, 0.25) is 5.02 Å². The van der Waals surface area contributed by atoms with Crippen LogP contribution < -0.4 is 0 Å². The van der Waals surface area contributed by atoms with E-state index in [1.165, 1.54) is 4.90 Å². The zero-order valence-corrected chi connectivity index (χ0v) is 20.7. The van der Waals surface area contributed by atoms with Crippen LogP contribution in [0.4, 0.5) is 0 Å². The molecule has 0 unspecified atom stereocenters. The van der Waals surface area contributed by atoms with Crippen LogP contribution in [0.3, 0.4) is 0 Å². The van der Waals surface area contributed by atoms with Crippen LogP contribution in [0.15, 0.2) is 84.9 Å². The molecular weight excluding hydrogens is 460 g/mol. The molecule has 0 aromatic heterocycles. The third-order valence-electron chi connectivity index (χ3n) is 6.68. The second kappa shape index (κ2) is 11.0. The maximum absolute atomic E-state index is 13.9. The minimum Gasteiger partial charge on any atom is -0.348 e. The van der Waals surface area contributed by atoms with Crippen molar-refractivity contribution in [3.05, 3.63) is 107 Å². The van der Waals surface area contributed by atoms with E-state index < -0.39 is 11.8 Å². The SMILES string of the molecule is CN(C)C(=O)CN1C[C@H](C(=O)c2ccccc2)C(c2ccc(Cl)cc2)[C@@H](C(=O)c2ccccc2)C1. The number of hydrogen-bond donors (Lipinski definition) is 0. The van der Waals surface area contributed by atoms with E-state index in [0.29, 0.717) is 29.2 Å². The molecule has 1 amide bonds. The average molecular weight is 489 g/mol. The lowest BCUT2D eigenvalue weighted by Gasteiger charge is -2.43. The van der Waals surface area contributed by atoms with Gasteiger partial charge in [0.1, 0.15) is 0 Å². The second-order valence-corrected chi connectivity index (χ2v) is 9.67. The number of likely N-dealkylation sites (N-methyl/N-ethyl adjacent to an activating group) is 1. The smallest absolute Gasteiger partial charge is 0.236 e. The topological polar surface area (TPSA) is 57.7 Å². The number of hydrogen-bond acceptors (Lipinski definition) is 4. The van der Waals surface area contributed by atoms with Gasteiger partial charge in [0.15, 0.2) is 11.6 Å². The Balaban J connectivity index is 1.80. The average Bonchev–Trinajstić information content (AvgIpc) is 2.89. The maximum Gasteiger partial charge on any atom is 0.236 e. The van der Waals surface area contributed by atoms with Crippen molar-refractivity contribution < 1.29 is 14.4 Å². The number of amides is 1. The third-order valence-corrected chi connectivity index (χ3v) is 6.93. The molecule has 6 heteroatoms. The van der Waals surface area contributed by atoms with Crippen LogP contribution in [0.5, 0.6) is 0 Å². The van der Waals surface area contributed by atoms with Crippen LogP contribution in [0.25, 0.3) is 0 Å². The van der Waals surface area contributed by atoms with Gasteiger partial charge in [-0.25, -0.2) is 0 Å². The zero-order valence-electron chi connectivity index (χ0n) is 19.9. The number of Topliss-reactive ketones (excluding diaryl/α,β-unsaturated/α-hetero) is 2. The van der Waals surface area contributed by atoms with Gasteiger partial charge in [0, 0.05) is 61.1 Å².